The van der Waals surface area contributed by atoms with Gasteiger partial charge in [-0.25, -0.2) is 0 Å². The zero-order valence-corrected chi connectivity index (χ0v) is 16.3. The van der Waals surface area contributed by atoms with Crippen LogP contribution in [0.3, 0.4) is 0 Å². The number of anilines is 1. The normalized spacial score (nSPS) is 10.6. The smallest absolute Gasteiger partial charge is 0.255 e. The highest BCUT2D eigenvalue weighted by Gasteiger charge is 2.16. The Kier molecular flexibility index (Phi) is 7.07. The van der Waals surface area contributed by atoms with Gasteiger partial charge in [-0.1, -0.05) is 31.5 Å². The molecule has 0 radical (unpaired) electrons. The standard InChI is InChI=1S/C20H23ClN2O4/c1-12(2)7-8-27-18-16(21)10-14(11-17(18)26-3)20(25)23-15-6-4-5-13(9-15)19(22)24/h4-6,9-12H,7-8H2,1-3H3,(H2,22,24)(H,23,25). The summed E-state index contributed by atoms with van der Waals surface area (Å²) < 4.78 is 11.0. The summed E-state index contributed by atoms with van der Waals surface area (Å²) in [6.07, 6.45) is 0.873. The Bertz CT molecular complexity index is 837. The largest absolute Gasteiger partial charge is 0.493 e. The van der Waals surface area contributed by atoms with Crippen molar-refractivity contribution in [3.05, 3.63) is 52.5 Å². The molecule has 2 rings (SSSR count). The fraction of sp³-hybridized carbons (Fsp3) is 0.300. The average Bonchev–Trinajstić information content (AvgIpc) is 2.62. The highest BCUT2D eigenvalue weighted by Crippen LogP contribution is 2.36. The first-order valence-corrected chi connectivity index (χ1v) is 8.91. The summed E-state index contributed by atoms with van der Waals surface area (Å²) in [5.74, 6) is 0.314. The molecule has 27 heavy (non-hydrogen) atoms. The van der Waals surface area contributed by atoms with E-state index in [2.05, 4.69) is 19.2 Å². The molecule has 0 aliphatic rings. The number of carbonyl (C=O) groups excluding carboxylic acids is 2. The molecule has 144 valence electrons. The van der Waals surface area contributed by atoms with Crippen LogP contribution in [0.25, 0.3) is 0 Å². The van der Waals surface area contributed by atoms with Crippen molar-refractivity contribution < 1.29 is 19.1 Å². The lowest BCUT2D eigenvalue weighted by molar-refractivity contribution is 0.0996. The molecular formula is C20H23ClN2O4. The zero-order valence-electron chi connectivity index (χ0n) is 15.5. The third kappa shape index (κ3) is 5.62. The molecule has 0 unspecified atom stereocenters. The number of methoxy groups -OCH3 is 1. The minimum Gasteiger partial charge on any atom is -0.493 e. The number of hydrogen-bond acceptors (Lipinski definition) is 4. The van der Waals surface area contributed by atoms with E-state index in [0.29, 0.717) is 40.8 Å². The van der Waals surface area contributed by atoms with Gasteiger partial charge in [-0.2, -0.15) is 0 Å². The van der Waals surface area contributed by atoms with E-state index in [0.717, 1.165) is 6.42 Å². The van der Waals surface area contributed by atoms with Crippen molar-refractivity contribution in [3.8, 4) is 11.5 Å². The van der Waals surface area contributed by atoms with Crippen LogP contribution in [0.5, 0.6) is 11.5 Å². The number of nitrogens with one attached hydrogen (secondary N) is 1. The molecule has 7 heteroatoms. The predicted molar refractivity (Wildman–Crippen MR) is 106 cm³/mol. The van der Waals surface area contributed by atoms with Crippen molar-refractivity contribution in [2.75, 3.05) is 19.0 Å². The van der Waals surface area contributed by atoms with Crippen LogP contribution in [0.15, 0.2) is 36.4 Å². The monoisotopic (exact) mass is 390 g/mol. The van der Waals surface area contributed by atoms with Crippen molar-refractivity contribution in [1.29, 1.82) is 0 Å². The Hall–Kier alpha value is -2.73. The second kappa shape index (κ2) is 9.28. The van der Waals surface area contributed by atoms with Crippen LogP contribution in [0.2, 0.25) is 5.02 Å². The van der Waals surface area contributed by atoms with Crippen LogP contribution in [0.4, 0.5) is 5.69 Å². The third-order valence-electron chi connectivity index (χ3n) is 3.84. The number of rotatable bonds is 8. The van der Waals surface area contributed by atoms with Crippen LogP contribution < -0.4 is 20.5 Å². The molecule has 0 aliphatic heterocycles. The van der Waals surface area contributed by atoms with E-state index in [1.165, 1.54) is 19.2 Å². The molecule has 0 atom stereocenters. The molecule has 0 spiro atoms. The Morgan fingerprint density at radius 1 is 1.19 bits per heavy atom. The number of carbonyl (C=O) groups is 2. The number of amides is 2. The fourth-order valence-corrected chi connectivity index (χ4v) is 2.61. The van der Waals surface area contributed by atoms with E-state index in [1.807, 2.05) is 0 Å². The zero-order chi connectivity index (χ0) is 20.0. The first kappa shape index (κ1) is 20.6. The first-order chi connectivity index (χ1) is 12.8. The summed E-state index contributed by atoms with van der Waals surface area (Å²) in [4.78, 5) is 23.8. The van der Waals surface area contributed by atoms with Gasteiger partial charge >= 0.3 is 0 Å². The van der Waals surface area contributed by atoms with Crippen molar-refractivity contribution in [2.24, 2.45) is 11.7 Å². The van der Waals surface area contributed by atoms with Crippen molar-refractivity contribution in [2.45, 2.75) is 20.3 Å². The van der Waals surface area contributed by atoms with Gasteiger partial charge in [0.15, 0.2) is 11.5 Å². The van der Waals surface area contributed by atoms with Gasteiger partial charge in [-0.15, -0.1) is 0 Å². The summed E-state index contributed by atoms with van der Waals surface area (Å²) in [7, 11) is 1.49. The number of nitrogens with two attached hydrogens (primary N) is 1. The van der Waals surface area contributed by atoms with E-state index in [9.17, 15) is 9.59 Å². The molecule has 0 saturated carbocycles. The van der Waals surface area contributed by atoms with Gasteiger partial charge in [0.25, 0.3) is 5.91 Å². The highest BCUT2D eigenvalue weighted by atomic mass is 35.5. The maximum Gasteiger partial charge on any atom is 0.255 e. The van der Waals surface area contributed by atoms with Gasteiger partial charge < -0.3 is 20.5 Å². The molecule has 2 aromatic carbocycles. The van der Waals surface area contributed by atoms with Crippen LogP contribution in [0, 0.1) is 5.92 Å². The van der Waals surface area contributed by atoms with Crippen LogP contribution in [0.1, 0.15) is 41.0 Å². The molecule has 0 aliphatic carbocycles. The SMILES string of the molecule is COc1cc(C(=O)Nc2cccc(C(N)=O)c2)cc(Cl)c1OCCC(C)C. The van der Waals surface area contributed by atoms with Crippen LogP contribution >= 0.6 is 11.6 Å². The Labute approximate surface area is 163 Å². The topological polar surface area (TPSA) is 90.6 Å². The van der Waals surface area contributed by atoms with E-state index < -0.39 is 11.8 Å². The third-order valence-corrected chi connectivity index (χ3v) is 4.12. The Morgan fingerprint density at radius 2 is 1.93 bits per heavy atom. The van der Waals surface area contributed by atoms with Crippen LogP contribution in [-0.4, -0.2) is 25.5 Å². The van der Waals surface area contributed by atoms with E-state index in [4.69, 9.17) is 26.8 Å². The summed E-state index contributed by atoms with van der Waals surface area (Å²) in [5.41, 5.74) is 6.31. The number of ether oxygens (including phenoxy) is 2. The number of halogens is 1. The molecule has 0 bridgehead atoms. The second-order valence-electron chi connectivity index (χ2n) is 6.42. The molecule has 0 fully saturated rings. The molecule has 0 aromatic heterocycles. The molecule has 6 nitrogen and oxygen atoms in total. The molecule has 0 saturated heterocycles. The average molecular weight is 391 g/mol. The van der Waals surface area contributed by atoms with E-state index in [1.54, 1.807) is 24.3 Å². The second-order valence-corrected chi connectivity index (χ2v) is 6.83. The van der Waals surface area contributed by atoms with Gasteiger partial charge in [-0.05, 0) is 42.7 Å². The van der Waals surface area contributed by atoms with Gasteiger partial charge in [0.05, 0.1) is 18.7 Å². The molecule has 2 aromatic rings. The van der Waals surface area contributed by atoms with Crippen molar-refractivity contribution in [3.63, 3.8) is 0 Å². The Morgan fingerprint density at radius 3 is 2.56 bits per heavy atom. The molecule has 0 heterocycles. The van der Waals surface area contributed by atoms with Crippen LogP contribution in [-0.2, 0) is 0 Å². The highest BCUT2D eigenvalue weighted by molar-refractivity contribution is 6.32. The maximum absolute atomic E-state index is 12.5. The summed E-state index contributed by atoms with van der Waals surface area (Å²) >= 11 is 6.30. The molecular weight excluding hydrogens is 368 g/mol. The quantitative estimate of drug-likeness (QED) is 0.709. The number of benzene rings is 2. The fourth-order valence-electron chi connectivity index (χ4n) is 2.34. The lowest BCUT2D eigenvalue weighted by atomic mass is 10.1. The molecule has 2 amide bonds. The maximum atomic E-state index is 12.5. The van der Waals surface area contributed by atoms with E-state index >= 15 is 0 Å². The first-order valence-electron chi connectivity index (χ1n) is 8.53. The lowest BCUT2D eigenvalue weighted by Crippen LogP contribution is -2.14. The van der Waals surface area contributed by atoms with Crippen molar-refractivity contribution in [1.82, 2.24) is 0 Å². The van der Waals surface area contributed by atoms with Gasteiger partial charge in [0.2, 0.25) is 5.91 Å². The summed E-state index contributed by atoms with van der Waals surface area (Å²) in [5, 5.41) is 2.99. The van der Waals surface area contributed by atoms with E-state index in [-0.39, 0.29) is 5.02 Å². The minimum atomic E-state index is -0.571. The minimum absolute atomic E-state index is 0.286. The van der Waals surface area contributed by atoms with Gasteiger partial charge in [0, 0.05) is 16.8 Å². The summed E-state index contributed by atoms with van der Waals surface area (Å²) in [6, 6.07) is 9.44. The van der Waals surface area contributed by atoms with Crippen molar-refractivity contribution >= 4 is 29.1 Å². The lowest BCUT2D eigenvalue weighted by Gasteiger charge is -2.15. The van der Waals surface area contributed by atoms with Gasteiger partial charge in [0.1, 0.15) is 0 Å². The number of hydrogen-bond donors (Lipinski definition) is 2. The molecule has 3 N–H and O–H groups in total. The number of primary amides is 1. The predicted octanol–water partition coefficient (Wildman–Crippen LogP) is 4.12. The Balaban J connectivity index is 2.20. The summed E-state index contributed by atoms with van der Waals surface area (Å²) in [6.45, 7) is 4.70. The van der Waals surface area contributed by atoms with Gasteiger partial charge in [-0.3, -0.25) is 9.59 Å².